The van der Waals surface area contributed by atoms with Gasteiger partial charge in [-0.15, -0.1) is 0 Å². The number of aromatic nitrogens is 1. The van der Waals surface area contributed by atoms with Crippen molar-refractivity contribution in [2.75, 3.05) is 0 Å². The molecule has 0 bridgehead atoms. The molecule has 0 amide bonds. The molecule has 1 heterocycles. The van der Waals surface area contributed by atoms with Gasteiger partial charge in [-0.25, -0.2) is 0 Å². The van der Waals surface area contributed by atoms with Gasteiger partial charge in [-0.3, -0.25) is 9.78 Å². The van der Waals surface area contributed by atoms with Gasteiger partial charge in [0.25, 0.3) is 0 Å². The fraction of sp³-hybridized carbons (Fsp3) is 0.0952. The Kier molecular flexibility index (Phi) is 3.86. The Morgan fingerprint density at radius 1 is 0.840 bits per heavy atom. The molecule has 0 aliphatic heterocycles. The number of carbonyl (C=O) groups is 1. The third kappa shape index (κ3) is 2.72. The van der Waals surface area contributed by atoms with Gasteiger partial charge >= 0.3 is 0 Å². The van der Waals surface area contributed by atoms with Crippen molar-refractivity contribution in [2.24, 2.45) is 5.16 Å². The molecule has 0 saturated carbocycles. The van der Waals surface area contributed by atoms with Crippen molar-refractivity contribution in [1.82, 2.24) is 4.98 Å². The van der Waals surface area contributed by atoms with Crippen LogP contribution in [0.5, 0.6) is 0 Å². The summed E-state index contributed by atoms with van der Waals surface area (Å²) in [6.45, 7) is 0. The summed E-state index contributed by atoms with van der Waals surface area (Å²) in [6.07, 6.45) is 1.00. The highest BCUT2D eigenvalue weighted by Gasteiger charge is 2.27. The van der Waals surface area contributed by atoms with Crippen LogP contribution in [0.4, 0.5) is 0 Å². The molecule has 3 aromatic rings. The number of oxime groups is 1. The summed E-state index contributed by atoms with van der Waals surface area (Å²) in [5.41, 5.74) is 5.26. The Morgan fingerprint density at radius 3 is 2.12 bits per heavy atom. The van der Waals surface area contributed by atoms with Crippen molar-refractivity contribution >= 4 is 11.5 Å². The Balaban J connectivity index is 1.97. The first-order valence-electron chi connectivity index (χ1n) is 8.18. The third-order valence-corrected chi connectivity index (χ3v) is 4.46. The quantitative estimate of drug-likeness (QED) is 0.561. The fourth-order valence-corrected chi connectivity index (χ4v) is 3.19. The Bertz CT molecular complexity index is 964. The van der Waals surface area contributed by atoms with E-state index in [2.05, 4.69) is 5.16 Å². The van der Waals surface area contributed by atoms with Crippen LogP contribution < -0.4 is 0 Å². The molecule has 1 aliphatic rings. The average Bonchev–Trinajstić information content (AvgIpc) is 2.69. The zero-order valence-corrected chi connectivity index (χ0v) is 13.5. The summed E-state index contributed by atoms with van der Waals surface area (Å²) in [5.74, 6) is -0.243. The van der Waals surface area contributed by atoms with Crippen molar-refractivity contribution < 1.29 is 10.0 Å². The number of hydrogen-bond acceptors (Lipinski definition) is 4. The molecule has 4 rings (SSSR count). The number of nitrogens with zero attached hydrogens (tertiary/aromatic N) is 2. The van der Waals surface area contributed by atoms with Crippen LogP contribution in [0.2, 0.25) is 0 Å². The molecule has 4 heteroatoms. The van der Waals surface area contributed by atoms with E-state index in [1.165, 1.54) is 0 Å². The van der Waals surface area contributed by atoms with E-state index in [0.717, 1.165) is 28.1 Å². The van der Waals surface area contributed by atoms with Crippen LogP contribution in [-0.2, 0) is 6.42 Å². The number of pyridine rings is 1. The largest absolute Gasteiger partial charge is 0.411 e. The predicted molar refractivity (Wildman–Crippen MR) is 97.0 cm³/mol. The average molecular weight is 328 g/mol. The number of rotatable bonds is 2. The lowest BCUT2D eigenvalue weighted by Gasteiger charge is -2.19. The molecule has 1 aliphatic carbocycles. The summed E-state index contributed by atoms with van der Waals surface area (Å²) in [5, 5.41) is 12.2. The minimum absolute atomic E-state index is 0.195. The first-order chi connectivity index (χ1) is 12.3. The van der Waals surface area contributed by atoms with Gasteiger partial charge in [0, 0.05) is 23.1 Å². The van der Waals surface area contributed by atoms with Gasteiger partial charge in [-0.05, 0) is 18.1 Å². The number of Topliss-reactive ketones (excluding diaryl/α,β-unsaturated/α-hetero) is 1. The molecule has 0 saturated heterocycles. The van der Waals surface area contributed by atoms with E-state index in [1.54, 1.807) is 0 Å². The van der Waals surface area contributed by atoms with Gasteiger partial charge in [0.1, 0.15) is 5.71 Å². The van der Waals surface area contributed by atoms with Crippen LogP contribution in [0.3, 0.4) is 0 Å². The Hall–Kier alpha value is -3.27. The number of hydrogen-bond donors (Lipinski definition) is 1. The molecule has 0 fully saturated rings. The van der Waals surface area contributed by atoms with Gasteiger partial charge in [-0.2, -0.15) is 0 Å². The number of ketones is 1. The second kappa shape index (κ2) is 6.32. The van der Waals surface area contributed by atoms with E-state index < -0.39 is 0 Å². The smallest absolute Gasteiger partial charge is 0.212 e. The molecular weight excluding hydrogens is 312 g/mol. The van der Waals surface area contributed by atoms with Crippen molar-refractivity contribution in [1.29, 1.82) is 0 Å². The minimum Gasteiger partial charge on any atom is -0.411 e. The molecule has 0 atom stereocenters. The molecule has 4 nitrogen and oxygen atoms in total. The van der Waals surface area contributed by atoms with Crippen molar-refractivity contribution in [3.05, 3.63) is 78.0 Å². The Morgan fingerprint density at radius 2 is 1.48 bits per heavy atom. The molecule has 0 radical (unpaired) electrons. The molecule has 25 heavy (non-hydrogen) atoms. The maximum Gasteiger partial charge on any atom is 0.212 e. The molecule has 1 N–H and O–H groups in total. The van der Waals surface area contributed by atoms with Gasteiger partial charge in [0.15, 0.2) is 0 Å². The summed E-state index contributed by atoms with van der Waals surface area (Å²) in [7, 11) is 0. The van der Waals surface area contributed by atoms with Crippen LogP contribution in [-0.4, -0.2) is 21.7 Å². The van der Waals surface area contributed by atoms with Crippen molar-refractivity contribution in [3.8, 4) is 22.4 Å². The zero-order chi connectivity index (χ0) is 17.2. The number of fused-ring (bicyclic) bond motifs is 1. The molecule has 122 valence electrons. The van der Waals surface area contributed by atoms with E-state index in [9.17, 15) is 4.79 Å². The van der Waals surface area contributed by atoms with E-state index in [0.29, 0.717) is 18.4 Å². The van der Waals surface area contributed by atoms with Gasteiger partial charge in [0.05, 0.1) is 11.4 Å². The molecular formula is C21H16N2O2. The summed E-state index contributed by atoms with van der Waals surface area (Å²) in [4.78, 5) is 17.4. The van der Waals surface area contributed by atoms with Gasteiger partial charge in [0.2, 0.25) is 5.78 Å². The minimum atomic E-state index is -0.243. The topological polar surface area (TPSA) is 62.5 Å². The normalized spacial score (nSPS) is 15.2. The second-order valence-corrected chi connectivity index (χ2v) is 5.99. The lowest BCUT2D eigenvalue weighted by Crippen LogP contribution is -2.24. The van der Waals surface area contributed by atoms with Crippen LogP contribution >= 0.6 is 0 Å². The highest BCUT2D eigenvalue weighted by molar-refractivity contribution is 6.47. The standard InChI is InChI=1S/C21H16N2O2/c24-21-17-13-16(14-7-3-1-4-8-14)20(15-9-5-2-6-10-15)22-18(17)11-12-19(21)23-25/h1-10,13,25H,11-12H2. The van der Waals surface area contributed by atoms with Crippen LogP contribution in [0.15, 0.2) is 71.9 Å². The highest BCUT2D eigenvalue weighted by atomic mass is 16.4. The first-order valence-corrected chi connectivity index (χ1v) is 8.18. The molecule has 0 spiro atoms. The Labute approximate surface area is 145 Å². The maximum atomic E-state index is 12.5. The highest BCUT2D eigenvalue weighted by Crippen LogP contribution is 2.34. The lowest BCUT2D eigenvalue weighted by atomic mass is 9.89. The first kappa shape index (κ1) is 15.3. The summed E-state index contributed by atoms with van der Waals surface area (Å²) >= 11 is 0. The monoisotopic (exact) mass is 328 g/mol. The van der Waals surface area contributed by atoms with Crippen LogP contribution in [0, 0.1) is 0 Å². The number of benzene rings is 2. The number of aryl methyl sites for hydroxylation is 1. The summed E-state index contributed by atoms with van der Waals surface area (Å²) < 4.78 is 0. The molecule has 0 unspecified atom stereocenters. The van der Waals surface area contributed by atoms with Crippen LogP contribution in [0.25, 0.3) is 22.4 Å². The molecule has 1 aromatic heterocycles. The predicted octanol–water partition coefficient (Wildman–Crippen LogP) is 4.37. The van der Waals surface area contributed by atoms with Crippen molar-refractivity contribution in [2.45, 2.75) is 12.8 Å². The fourth-order valence-electron chi connectivity index (χ4n) is 3.19. The van der Waals surface area contributed by atoms with Gasteiger partial charge < -0.3 is 5.21 Å². The van der Waals surface area contributed by atoms with E-state index in [-0.39, 0.29) is 11.5 Å². The molecule has 2 aromatic carbocycles. The van der Waals surface area contributed by atoms with E-state index >= 15 is 0 Å². The van der Waals surface area contributed by atoms with Crippen LogP contribution in [0.1, 0.15) is 22.5 Å². The second-order valence-electron chi connectivity index (χ2n) is 5.99. The maximum absolute atomic E-state index is 12.5. The SMILES string of the molecule is O=C1C(=NO)CCc2nc(-c3ccccc3)c(-c3ccccc3)cc21. The van der Waals surface area contributed by atoms with Crippen molar-refractivity contribution in [3.63, 3.8) is 0 Å². The van der Waals surface area contributed by atoms with Gasteiger partial charge in [-0.1, -0.05) is 65.8 Å². The third-order valence-electron chi connectivity index (χ3n) is 4.46. The zero-order valence-electron chi connectivity index (χ0n) is 13.5. The summed E-state index contributed by atoms with van der Waals surface area (Å²) in [6, 6.07) is 21.7. The lowest BCUT2D eigenvalue weighted by molar-refractivity contribution is 0.105. The van der Waals surface area contributed by atoms with E-state index in [4.69, 9.17) is 10.2 Å². The van der Waals surface area contributed by atoms with E-state index in [1.807, 2.05) is 66.7 Å². The number of carbonyl (C=O) groups excluding carboxylic acids is 1.